The van der Waals surface area contributed by atoms with Gasteiger partial charge in [-0.1, -0.05) is 29.8 Å². The number of ketones is 1. The summed E-state index contributed by atoms with van der Waals surface area (Å²) in [6.45, 7) is 3.68. The molecule has 1 unspecified atom stereocenters. The fraction of sp³-hybridized carbons (Fsp3) is 0.143. The van der Waals surface area contributed by atoms with E-state index in [-0.39, 0.29) is 17.3 Å². The number of hydrogen-bond donors (Lipinski definition) is 1. The molecule has 1 aromatic carbocycles. The lowest BCUT2D eigenvalue weighted by atomic mass is 9.99. The second-order valence-electron chi connectivity index (χ2n) is 6.53. The molecule has 3 heterocycles. The molecule has 1 atom stereocenters. The van der Waals surface area contributed by atoms with Crippen LogP contribution < -0.4 is 4.90 Å². The molecule has 1 aliphatic rings. The number of Topliss-reactive ketones (excluding diaryl/α,β-unsaturated/α-hetero) is 1. The molecule has 0 saturated carbocycles. The van der Waals surface area contributed by atoms with E-state index in [4.69, 9.17) is 4.42 Å². The molecule has 7 heteroatoms. The Labute approximate surface area is 161 Å². The summed E-state index contributed by atoms with van der Waals surface area (Å²) in [5, 5.41) is 10.9. The van der Waals surface area contributed by atoms with Crippen LogP contribution in [-0.2, 0) is 9.59 Å². The first-order valence-electron chi connectivity index (χ1n) is 8.69. The van der Waals surface area contributed by atoms with Crippen molar-refractivity contribution >= 4 is 23.4 Å². The highest BCUT2D eigenvalue weighted by molar-refractivity contribution is 6.51. The summed E-state index contributed by atoms with van der Waals surface area (Å²) in [5.74, 6) is -0.881. The molecule has 4 rings (SSSR count). The van der Waals surface area contributed by atoms with Gasteiger partial charge in [0.1, 0.15) is 23.3 Å². The van der Waals surface area contributed by atoms with Crippen molar-refractivity contribution in [3.05, 3.63) is 83.1 Å². The number of nitrogens with zero attached hydrogens (tertiary/aromatic N) is 3. The fourth-order valence-corrected chi connectivity index (χ4v) is 3.19. The summed E-state index contributed by atoms with van der Waals surface area (Å²) < 4.78 is 5.70. The molecule has 0 radical (unpaired) electrons. The predicted octanol–water partition coefficient (Wildman–Crippen LogP) is 3.31. The molecule has 2 aromatic heterocycles. The maximum Gasteiger partial charge on any atom is 0.302 e. The van der Waals surface area contributed by atoms with Gasteiger partial charge >= 0.3 is 5.91 Å². The van der Waals surface area contributed by atoms with Crippen molar-refractivity contribution in [2.45, 2.75) is 19.9 Å². The number of hydrogen-bond acceptors (Lipinski definition) is 6. The molecule has 140 valence electrons. The summed E-state index contributed by atoms with van der Waals surface area (Å²) in [5.41, 5.74) is 1.38. The number of rotatable bonds is 3. The smallest absolute Gasteiger partial charge is 0.302 e. The highest BCUT2D eigenvalue weighted by atomic mass is 16.3. The molecule has 1 amide bonds. The van der Waals surface area contributed by atoms with Crippen LogP contribution in [0.4, 0.5) is 5.95 Å². The molecule has 0 spiro atoms. The minimum atomic E-state index is -0.961. The Bertz CT molecular complexity index is 1080. The van der Waals surface area contributed by atoms with Crippen molar-refractivity contribution in [1.29, 1.82) is 0 Å². The van der Waals surface area contributed by atoms with Crippen molar-refractivity contribution in [2.24, 2.45) is 0 Å². The van der Waals surface area contributed by atoms with Crippen LogP contribution in [0.25, 0.3) is 5.76 Å². The summed E-state index contributed by atoms with van der Waals surface area (Å²) in [6.07, 6.45) is 2.96. The first-order valence-corrected chi connectivity index (χ1v) is 8.69. The number of aliphatic hydroxyl groups is 1. The molecule has 1 aliphatic heterocycles. The minimum Gasteiger partial charge on any atom is -0.507 e. The molecular formula is C21H17N3O4. The zero-order valence-corrected chi connectivity index (χ0v) is 15.3. The number of anilines is 1. The second-order valence-corrected chi connectivity index (χ2v) is 6.53. The van der Waals surface area contributed by atoms with Gasteiger partial charge in [-0.3, -0.25) is 14.5 Å². The average Bonchev–Trinajstić information content (AvgIpc) is 3.24. The van der Waals surface area contributed by atoms with Gasteiger partial charge in [0.25, 0.3) is 5.78 Å². The maximum absolute atomic E-state index is 12.9. The van der Waals surface area contributed by atoms with E-state index in [2.05, 4.69) is 9.97 Å². The third-order valence-electron chi connectivity index (χ3n) is 4.57. The molecule has 0 aliphatic carbocycles. The third-order valence-corrected chi connectivity index (χ3v) is 4.57. The van der Waals surface area contributed by atoms with E-state index in [1.165, 1.54) is 12.4 Å². The van der Waals surface area contributed by atoms with Crippen molar-refractivity contribution in [2.75, 3.05) is 4.90 Å². The zero-order chi connectivity index (χ0) is 19.8. The normalized spacial score (nSPS) is 18.6. The number of amides is 1. The first-order chi connectivity index (χ1) is 13.5. The van der Waals surface area contributed by atoms with E-state index in [1.807, 2.05) is 19.1 Å². The van der Waals surface area contributed by atoms with Gasteiger partial charge < -0.3 is 9.52 Å². The Morgan fingerprint density at radius 2 is 1.71 bits per heavy atom. The third kappa shape index (κ3) is 2.87. The first kappa shape index (κ1) is 17.7. The number of aryl methyl sites for hydroxylation is 2. The van der Waals surface area contributed by atoms with Crippen LogP contribution >= 0.6 is 0 Å². The van der Waals surface area contributed by atoms with Crippen molar-refractivity contribution in [1.82, 2.24) is 9.97 Å². The van der Waals surface area contributed by atoms with Gasteiger partial charge in [-0.25, -0.2) is 9.97 Å². The van der Waals surface area contributed by atoms with Crippen LogP contribution in [-0.4, -0.2) is 26.8 Å². The van der Waals surface area contributed by atoms with E-state index < -0.39 is 17.7 Å². The molecule has 3 aromatic rings. The van der Waals surface area contributed by atoms with E-state index in [9.17, 15) is 14.7 Å². The number of aromatic nitrogens is 2. The SMILES string of the molecule is Cc1ccc(/C(O)=C2/C(=O)C(=O)N(c3ncccn3)C2c2ccc(C)o2)cc1. The Hall–Kier alpha value is -3.74. The van der Waals surface area contributed by atoms with Gasteiger partial charge in [0.05, 0.1) is 5.57 Å². The van der Waals surface area contributed by atoms with Crippen LogP contribution in [0.5, 0.6) is 0 Å². The van der Waals surface area contributed by atoms with E-state index in [0.717, 1.165) is 10.5 Å². The second kappa shape index (κ2) is 6.77. The quantitative estimate of drug-likeness (QED) is 0.429. The van der Waals surface area contributed by atoms with Gasteiger partial charge in [0.2, 0.25) is 5.95 Å². The standard InChI is InChI=1S/C21H17N3O4/c1-12-4-7-14(8-5-12)18(25)16-17(15-9-6-13(2)28-15)24(20(27)19(16)26)21-22-10-3-11-23-21/h3-11,17,25H,1-2H3/b18-16-. The zero-order valence-electron chi connectivity index (χ0n) is 15.3. The summed E-state index contributed by atoms with van der Waals surface area (Å²) in [7, 11) is 0. The van der Waals surface area contributed by atoms with E-state index >= 15 is 0 Å². The van der Waals surface area contributed by atoms with E-state index in [1.54, 1.807) is 37.3 Å². The Morgan fingerprint density at radius 1 is 1.04 bits per heavy atom. The lowest BCUT2D eigenvalue weighted by Gasteiger charge is -2.21. The molecule has 1 N–H and O–H groups in total. The van der Waals surface area contributed by atoms with Crippen LogP contribution in [0, 0.1) is 13.8 Å². The van der Waals surface area contributed by atoms with Crippen molar-refractivity contribution < 1.29 is 19.1 Å². The lowest BCUT2D eigenvalue weighted by molar-refractivity contribution is -0.132. The number of furan rings is 1. The largest absolute Gasteiger partial charge is 0.507 e. The Kier molecular flexibility index (Phi) is 4.27. The van der Waals surface area contributed by atoms with Crippen molar-refractivity contribution in [3.63, 3.8) is 0 Å². The van der Waals surface area contributed by atoms with E-state index in [0.29, 0.717) is 17.1 Å². The molecule has 7 nitrogen and oxygen atoms in total. The predicted molar refractivity (Wildman–Crippen MR) is 101 cm³/mol. The number of aliphatic hydroxyl groups excluding tert-OH is 1. The molecular weight excluding hydrogens is 358 g/mol. The van der Waals surface area contributed by atoms with Gasteiger partial charge in [0, 0.05) is 18.0 Å². The number of benzene rings is 1. The minimum absolute atomic E-state index is 0.0596. The lowest BCUT2D eigenvalue weighted by Crippen LogP contribution is -2.30. The molecule has 28 heavy (non-hydrogen) atoms. The molecule has 0 bridgehead atoms. The van der Waals surface area contributed by atoms with Crippen LogP contribution in [0.3, 0.4) is 0 Å². The van der Waals surface area contributed by atoms with Gasteiger partial charge in [0.15, 0.2) is 0 Å². The van der Waals surface area contributed by atoms with Gasteiger partial charge in [-0.05, 0) is 32.0 Å². The Morgan fingerprint density at radius 3 is 2.32 bits per heavy atom. The monoisotopic (exact) mass is 375 g/mol. The van der Waals surface area contributed by atoms with Crippen LogP contribution in [0.1, 0.15) is 28.7 Å². The number of carbonyl (C=O) groups excluding carboxylic acids is 2. The van der Waals surface area contributed by atoms with Crippen molar-refractivity contribution in [3.8, 4) is 0 Å². The average molecular weight is 375 g/mol. The van der Waals surface area contributed by atoms with Gasteiger partial charge in [-0.15, -0.1) is 0 Å². The maximum atomic E-state index is 12.9. The van der Waals surface area contributed by atoms with Crippen LogP contribution in [0.2, 0.25) is 0 Å². The summed E-state index contributed by atoms with van der Waals surface area (Å²) >= 11 is 0. The van der Waals surface area contributed by atoms with Gasteiger partial charge in [-0.2, -0.15) is 0 Å². The topological polar surface area (TPSA) is 96.5 Å². The summed E-state index contributed by atoms with van der Waals surface area (Å²) in [4.78, 5) is 35.0. The summed E-state index contributed by atoms with van der Waals surface area (Å²) in [6, 6.07) is 11.1. The highest BCUT2D eigenvalue weighted by Gasteiger charge is 2.49. The number of carbonyl (C=O) groups is 2. The van der Waals surface area contributed by atoms with Crippen LogP contribution in [0.15, 0.2) is 64.8 Å². The Balaban J connectivity index is 1.93. The molecule has 1 fully saturated rings. The fourth-order valence-electron chi connectivity index (χ4n) is 3.19. The highest BCUT2D eigenvalue weighted by Crippen LogP contribution is 2.41. The molecule has 1 saturated heterocycles.